The second kappa shape index (κ2) is 5.74. The largest absolute Gasteiger partial charge is 0.384 e. The minimum atomic E-state index is 0.148. The zero-order valence-electron chi connectivity index (χ0n) is 12.2. The zero-order valence-corrected chi connectivity index (χ0v) is 12.2. The Balaban J connectivity index is 2.11. The molecule has 1 saturated heterocycles. The molecule has 0 bridgehead atoms. The molecule has 3 nitrogen and oxygen atoms in total. The highest BCUT2D eigenvalue weighted by atomic mass is 15.2. The van der Waals surface area contributed by atoms with E-state index in [1.54, 1.807) is 0 Å². The first kappa shape index (κ1) is 14.1. The lowest BCUT2D eigenvalue weighted by molar-refractivity contribution is 0.0729. The third kappa shape index (κ3) is 3.35. The monoisotopic (exact) mass is 259 g/mol. The van der Waals surface area contributed by atoms with Gasteiger partial charge in [0.05, 0.1) is 0 Å². The number of hydrogen-bond donors (Lipinski definition) is 2. The highest BCUT2D eigenvalue weighted by Crippen LogP contribution is 2.28. The minimum absolute atomic E-state index is 0.148. The summed E-state index contributed by atoms with van der Waals surface area (Å²) in [6.45, 7) is 9.12. The third-order valence-corrected chi connectivity index (χ3v) is 4.34. The quantitative estimate of drug-likeness (QED) is 0.648. The summed E-state index contributed by atoms with van der Waals surface area (Å²) in [5.41, 5.74) is 7.63. The minimum Gasteiger partial charge on any atom is -0.384 e. The molecule has 104 valence electrons. The van der Waals surface area contributed by atoms with Crippen molar-refractivity contribution in [2.45, 2.75) is 39.8 Å². The molecule has 0 amide bonds. The van der Waals surface area contributed by atoms with Crippen molar-refractivity contribution < 1.29 is 0 Å². The van der Waals surface area contributed by atoms with Crippen molar-refractivity contribution in [3.8, 4) is 0 Å². The van der Waals surface area contributed by atoms with Crippen molar-refractivity contribution in [1.29, 1.82) is 5.41 Å². The molecule has 0 saturated carbocycles. The van der Waals surface area contributed by atoms with Crippen molar-refractivity contribution >= 4 is 5.84 Å². The van der Waals surface area contributed by atoms with E-state index in [-0.39, 0.29) is 5.84 Å². The second-order valence-electron chi connectivity index (χ2n) is 6.10. The average Bonchev–Trinajstić information content (AvgIpc) is 2.35. The lowest BCUT2D eigenvalue weighted by Crippen LogP contribution is -2.45. The number of nitrogen functional groups attached to an aromatic ring is 1. The molecule has 3 heteroatoms. The van der Waals surface area contributed by atoms with E-state index in [4.69, 9.17) is 11.1 Å². The summed E-state index contributed by atoms with van der Waals surface area (Å²) in [6.07, 6.45) is 1.32. The van der Waals surface area contributed by atoms with Gasteiger partial charge in [-0.15, -0.1) is 0 Å². The maximum Gasteiger partial charge on any atom is 0.122 e. The van der Waals surface area contributed by atoms with E-state index in [0.717, 1.165) is 30.5 Å². The Bertz CT molecular complexity index is 455. The van der Waals surface area contributed by atoms with Crippen LogP contribution in [-0.4, -0.2) is 23.3 Å². The topological polar surface area (TPSA) is 53.1 Å². The molecule has 0 aliphatic carbocycles. The number of hydrogen-bond acceptors (Lipinski definition) is 2. The molecule has 3 atom stereocenters. The van der Waals surface area contributed by atoms with Crippen molar-refractivity contribution in [3.63, 3.8) is 0 Å². The van der Waals surface area contributed by atoms with Gasteiger partial charge in [0.2, 0.25) is 0 Å². The normalized spacial score (nSPS) is 28.3. The summed E-state index contributed by atoms with van der Waals surface area (Å²) >= 11 is 0. The predicted octanol–water partition coefficient (Wildman–Crippen LogP) is 2.84. The standard InChI is InChI=1S/C16H25N3/c1-11-7-12(2)13(3)19(9-11)10-14-5-4-6-15(8-14)16(17)18/h4-6,8,11-13H,7,9-10H2,1-3H3,(H3,17,18). The molecule has 1 heterocycles. The molecular formula is C16H25N3. The maximum absolute atomic E-state index is 7.52. The zero-order chi connectivity index (χ0) is 14.0. The summed E-state index contributed by atoms with van der Waals surface area (Å²) in [4.78, 5) is 2.55. The Labute approximate surface area is 116 Å². The van der Waals surface area contributed by atoms with Crippen molar-refractivity contribution in [2.24, 2.45) is 17.6 Å². The van der Waals surface area contributed by atoms with E-state index in [9.17, 15) is 0 Å². The van der Waals surface area contributed by atoms with Gasteiger partial charge in [-0.25, -0.2) is 0 Å². The van der Waals surface area contributed by atoms with Gasteiger partial charge in [0.1, 0.15) is 5.84 Å². The van der Waals surface area contributed by atoms with Gasteiger partial charge in [0, 0.05) is 24.7 Å². The molecule has 1 aromatic carbocycles. The van der Waals surface area contributed by atoms with Gasteiger partial charge in [-0.3, -0.25) is 10.3 Å². The average molecular weight is 259 g/mol. The number of amidine groups is 1. The lowest BCUT2D eigenvalue weighted by Gasteiger charge is -2.41. The molecule has 3 N–H and O–H groups in total. The van der Waals surface area contributed by atoms with Gasteiger partial charge in [0.25, 0.3) is 0 Å². The van der Waals surface area contributed by atoms with Crippen LogP contribution in [0, 0.1) is 17.2 Å². The first-order valence-corrected chi connectivity index (χ1v) is 7.14. The van der Waals surface area contributed by atoms with E-state index >= 15 is 0 Å². The molecule has 1 fully saturated rings. The van der Waals surface area contributed by atoms with Crippen LogP contribution in [0.4, 0.5) is 0 Å². The number of nitrogens with one attached hydrogen (secondary N) is 1. The van der Waals surface area contributed by atoms with Crippen LogP contribution in [0.1, 0.15) is 38.3 Å². The van der Waals surface area contributed by atoms with E-state index in [1.807, 2.05) is 18.2 Å². The molecule has 1 aliphatic rings. The highest BCUT2D eigenvalue weighted by Gasteiger charge is 2.28. The Kier molecular flexibility index (Phi) is 4.25. The molecule has 2 rings (SSSR count). The van der Waals surface area contributed by atoms with Crippen LogP contribution < -0.4 is 5.73 Å². The Morgan fingerprint density at radius 3 is 2.79 bits per heavy atom. The fourth-order valence-electron chi connectivity index (χ4n) is 3.11. The summed E-state index contributed by atoms with van der Waals surface area (Å²) in [6, 6.07) is 8.68. The molecule has 0 spiro atoms. The van der Waals surface area contributed by atoms with E-state index in [2.05, 4.69) is 31.7 Å². The highest BCUT2D eigenvalue weighted by molar-refractivity contribution is 5.95. The van der Waals surface area contributed by atoms with Crippen LogP contribution in [-0.2, 0) is 6.54 Å². The van der Waals surface area contributed by atoms with E-state index in [0.29, 0.717) is 6.04 Å². The second-order valence-corrected chi connectivity index (χ2v) is 6.10. The molecule has 3 unspecified atom stereocenters. The lowest BCUT2D eigenvalue weighted by atomic mass is 9.86. The smallest absolute Gasteiger partial charge is 0.122 e. The Morgan fingerprint density at radius 1 is 1.37 bits per heavy atom. The van der Waals surface area contributed by atoms with Gasteiger partial charge in [-0.05, 0) is 36.8 Å². The van der Waals surface area contributed by atoms with Gasteiger partial charge in [-0.2, -0.15) is 0 Å². The van der Waals surface area contributed by atoms with Crippen LogP contribution in [0.15, 0.2) is 24.3 Å². The van der Waals surface area contributed by atoms with Gasteiger partial charge in [-0.1, -0.05) is 32.0 Å². The van der Waals surface area contributed by atoms with Crippen LogP contribution in [0.2, 0.25) is 0 Å². The summed E-state index contributed by atoms with van der Waals surface area (Å²) in [5.74, 6) is 1.66. The molecular weight excluding hydrogens is 234 g/mol. The number of benzene rings is 1. The number of likely N-dealkylation sites (tertiary alicyclic amines) is 1. The van der Waals surface area contributed by atoms with E-state index < -0.39 is 0 Å². The molecule has 0 aromatic heterocycles. The number of piperidine rings is 1. The third-order valence-electron chi connectivity index (χ3n) is 4.34. The first-order chi connectivity index (χ1) is 8.97. The van der Waals surface area contributed by atoms with Crippen LogP contribution in [0.3, 0.4) is 0 Å². The Morgan fingerprint density at radius 2 is 2.11 bits per heavy atom. The van der Waals surface area contributed by atoms with E-state index in [1.165, 1.54) is 12.0 Å². The maximum atomic E-state index is 7.52. The predicted molar refractivity (Wildman–Crippen MR) is 80.3 cm³/mol. The van der Waals surface area contributed by atoms with Crippen LogP contribution in [0.25, 0.3) is 0 Å². The van der Waals surface area contributed by atoms with Gasteiger partial charge < -0.3 is 5.73 Å². The summed E-state index contributed by atoms with van der Waals surface area (Å²) in [7, 11) is 0. The first-order valence-electron chi connectivity index (χ1n) is 7.14. The van der Waals surface area contributed by atoms with Crippen LogP contribution >= 0.6 is 0 Å². The number of nitrogens with zero attached hydrogens (tertiary/aromatic N) is 1. The number of rotatable bonds is 3. The van der Waals surface area contributed by atoms with Crippen molar-refractivity contribution in [3.05, 3.63) is 35.4 Å². The molecule has 19 heavy (non-hydrogen) atoms. The fraction of sp³-hybridized carbons (Fsp3) is 0.562. The Hall–Kier alpha value is -1.35. The SMILES string of the molecule is CC1CC(C)C(C)N(Cc2cccc(C(=N)N)c2)C1. The molecule has 1 aliphatic heterocycles. The van der Waals surface area contributed by atoms with Crippen molar-refractivity contribution in [1.82, 2.24) is 4.90 Å². The van der Waals surface area contributed by atoms with Gasteiger partial charge >= 0.3 is 0 Å². The van der Waals surface area contributed by atoms with Crippen LogP contribution in [0.5, 0.6) is 0 Å². The summed E-state index contributed by atoms with van der Waals surface area (Å²) in [5, 5.41) is 7.52. The summed E-state index contributed by atoms with van der Waals surface area (Å²) < 4.78 is 0. The molecule has 0 radical (unpaired) electrons. The number of nitrogens with two attached hydrogens (primary N) is 1. The van der Waals surface area contributed by atoms with Crippen molar-refractivity contribution in [2.75, 3.05) is 6.54 Å². The van der Waals surface area contributed by atoms with Gasteiger partial charge in [0.15, 0.2) is 0 Å². The molecule has 1 aromatic rings. The fourth-order valence-corrected chi connectivity index (χ4v) is 3.11.